The van der Waals surface area contributed by atoms with Crippen LogP contribution in [-0.4, -0.2) is 13.1 Å². The molecule has 2 aromatic rings. The first-order valence-electron chi connectivity index (χ1n) is 9.03. The maximum absolute atomic E-state index is 3.51. The van der Waals surface area contributed by atoms with E-state index in [-0.39, 0.29) is 4.75 Å². The minimum absolute atomic E-state index is 0.0304. The molecule has 1 fully saturated rings. The lowest BCUT2D eigenvalue weighted by Gasteiger charge is -2.30. The van der Waals surface area contributed by atoms with E-state index in [1.54, 1.807) is 11.1 Å². The van der Waals surface area contributed by atoms with E-state index in [0.29, 0.717) is 0 Å². The number of nitrogens with one attached hydrogen (secondary N) is 1. The lowest BCUT2D eigenvalue weighted by Crippen LogP contribution is -2.26. The highest BCUT2D eigenvalue weighted by Gasteiger charge is 2.42. The monoisotopic (exact) mass is 335 g/mol. The lowest BCUT2D eigenvalue weighted by atomic mass is 9.81. The maximum Gasteiger partial charge on any atom is 0.0681 e. The fourth-order valence-electron chi connectivity index (χ4n) is 4.08. The molecule has 2 heteroatoms. The predicted molar refractivity (Wildman–Crippen MR) is 104 cm³/mol. The summed E-state index contributed by atoms with van der Waals surface area (Å²) in [5, 5.41) is 3.51. The fourth-order valence-corrected chi connectivity index (χ4v) is 5.53. The Hall–Kier alpha value is -1.51. The van der Waals surface area contributed by atoms with E-state index in [1.807, 2.05) is 11.8 Å². The fraction of sp³-hybridized carbons (Fsp3) is 0.364. The molecule has 4 rings (SSSR count). The SMILES string of the molecule is CCc1ccc2c(c1)C(=C1CCNCC1)C(C)(c1ccccc1)S2. The second kappa shape index (κ2) is 6.42. The molecule has 24 heavy (non-hydrogen) atoms. The Labute approximate surface area is 149 Å². The summed E-state index contributed by atoms with van der Waals surface area (Å²) in [5.74, 6) is 0. The maximum atomic E-state index is 3.51. The summed E-state index contributed by atoms with van der Waals surface area (Å²) in [6.45, 7) is 6.88. The van der Waals surface area contributed by atoms with Crippen LogP contribution >= 0.6 is 11.8 Å². The van der Waals surface area contributed by atoms with Gasteiger partial charge in [-0.25, -0.2) is 0 Å². The zero-order chi connectivity index (χ0) is 16.6. The van der Waals surface area contributed by atoms with Gasteiger partial charge in [-0.1, -0.05) is 55.0 Å². The average Bonchev–Trinajstić information content (AvgIpc) is 2.95. The van der Waals surface area contributed by atoms with Crippen molar-refractivity contribution in [3.05, 3.63) is 70.8 Å². The van der Waals surface area contributed by atoms with Crippen molar-refractivity contribution in [3.63, 3.8) is 0 Å². The molecule has 1 N–H and O–H groups in total. The molecule has 0 bridgehead atoms. The zero-order valence-electron chi connectivity index (χ0n) is 14.6. The highest BCUT2D eigenvalue weighted by molar-refractivity contribution is 8.01. The Morgan fingerprint density at radius 3 is 2.50 bits per heavy atom. The van der Waals surface area contributed by atoms with Crippen LogP contribution < -0.4 is 5.32 Å². The van der Waals surface area contributed by atoms with E-state index in [0.717, 1.165) is 19.5 Å². The summed E-state index contributed by atoms with van der Waals surface area (Å²) in [7, 11) is 0. The second-order valence-electron chi connectivity index (χ2n) is 6.91. The van der Waals surface area contributed by atoms with Crippen molar-refractivity contribution in [1.82, 2.24) is 5.32 Å². The van der Waals surface area contributed by atoms with E-state index >= 15 is 0 Å². The topological polar surface area (TPSA) is 12.0 Å². The van der Waals surface area contributed by atoms with Crippen molar-refractivity contribution in [2.75, 3.05) is 13.1 Å². The van der Waals surface area contributed by atoms with Crippen LogP contribution in [0.15, 0.2) is 59.0 Å². The lowest BCUT2D eigenvalue weighted by molar-refractivity contribution is 0.607. The van der Waals surface area contributed by atoms with Gasteiger partial charge in [0.2, 0.25) is 0 Å². The van der Waals surface area contributed by atoms with Gasteiger partial charge in [0.15, 0.2) is 0 Å². The van der Waals surface area contributed by atoms with Crippen LogP contribution in [0.1, 0.15) is 43.4 Å². The Kier molecular flexibility index (Phi) is 4.28. The van der Waals surface area contributed by atoms with Crippen molar-refractivity contribution in [2.24, 2.45) is 0 Å². The van der Waals surface area contributed by atoms with Gasteiger partial charge < -0.3 is 5.32 Å². The first-order chi connectivity index (χ1) is 11.7. The molecule has 1 nitrogen and oxygen atoms in total. The predicted octanol–water partition coefficient (Wildman–Crippen LogP) is 5.41. The Bertz CT molecular complexity index is 770. The summed E-state index contributed by atoms with van der Waals surface area (Å²) < 4.78 is 0.0304. The molecule has 0 spiro atoms. The first-order valence-corrected chi connectivity index (χ1v) is 9.85. The van der Waals surface area contributed by atoms with E-state index in [9.17, 15) is 0 Å². The van der Waals surface area contributed by atoms with Gasteiger partial charge in [0.25, 0.3) is 0 Å². The third-order valence-corrected chi connectivity index (χ3v) is 6.82. The quantitative estimate of drug-likeness (QED) is 0.788. The molecule has 1 unspecified atom stereocenters. The summed E-state index contributed by atoms with van der Waals surface area (Å²) >= 11 is 2.03. The van der Waals surface area contributed by atoms with E-state index in [1.165, 1.54) is 34.4 Å². The van der Waals surface area contributed by atoms with Gasteiger partial charge in [-0.2, -0.15) is 0 Å². The number of benzene rings is 2. The molecular weight excluding hydrogens is 310 g/mol. The Balaban J connectivity index is 1.92. The number of hydrogen-bond acceptors (Lipinski definition) is 2. The molecule has 0 saturated carbocycles. The molecule has 1 atom stereocenters. The van der Waals surface area contributed by atoms with E-state index in [4.69, 9.17) is 0 Å². The molecule has 1 saturated heterocycles. The summed E-state index contributed by atoms with van der Waals surface area (Å²) in [6.07, 6.45) is 3.45. The van der Waals surface area contributed by atoms with Crippen LogP contribution in [0, 0.1) is 0 Å². The minimum Gasteiger partial charge on any atom is -0.316 e. The molecule has 0 amide bonds. The summed E-state index contributed by atoms with van der Waals surface area (Å²) in [5.41, 5.74) is 7.59. The molecule has 0 aliphatic carbocycles. The first kappa shape index (κ1) is 16.0. The normalized spacial score (nSPS) is 23.4. The third kappa shape index (κ3) is 2.62. The molecule has 2 aromatic carbocycles. The second-order valence-corrected chi connectivity index (χ2v) is 8.37. The highest BCUT2D eigenvalue weighted by atomic mass is 32.2. The van der Waals surface area contributed by atoms with Gasteiger partial charge in [-0.15, -0.1) is 11.8 Å². The zero-order valence-corrected chi connectivity index (χ0v) is 15.4. The number of thioether (sulfide) groups is 1. The Morgan fingerprint density at radius 2 is 1.79 bits per heavy atom. The number of aryl methyl sites for hydroxylation is 1. The summed E-state index contributed by atoms with van der Waals surface area (Å²) in [6, 6.07) is 18.1. The van der Waals surface area contributed by atoms with Crippen molar-refractivity contribution in [1.29, 1.82) is 0 Å². The van der Waals surface area contributed by atoms with Gasteiger partial charge in [0, 0.05) is 4.90 Å². The molecule has 2 aliphatic heterocycles. The van der Waals surface area contributed by atoms with Crippen molar-refractivity contribution in [3.8, 4) is 0 Å². The smallest absolute Gasteiger partial charge is 0.0681 e. The van der Waals surface area contributed by atoms with E-state index < -0.39 is 0 Å². The van der Waals surface area contributed by atoms with Gasteiger partial charge >= 0.3 is 0 Å². The van der Waals surface area contributed by atoms with Crippen molar-refractivity contribution < 1.29 is 0 Å². The molecule has 2 aliphatic rings. The molecule has 0 aromatic heterocycles. The summed E-state index contributed by atoms with van der Waals surface area (Å²) in [4.78, 5) is 1.44. The minimum atomic E-state index is 0.0304. The number of rotatable bonds is 2. The molecule has 124 valence electrons. The number of piperidine rings is 1. The number of hydrogen-bond donors (Lipinski definition) is 1. The average molecular weight is 336 g/mol. The standard InChI is InChI=1S/C22H25NS/c1-3-16-9-10-20-19(15-16)21(17-11-13-23-14-12-17)22(2,24-20)18-7-5-4-6-8-18/h4-10,15,23H,3,11-14H2,1-2H3. The molecular formula is C22H25NS. The van der Waals surface area contributed by atoms with Gasteiger partial charge in [0.05, 0.1) is 4.75 Å². The Morgan fingerprint density at radius 1 is 1.04 bits per heavy atom. The molecule has 2 heterocycles. The van der Waals surface area contributed by atoms with E-state index in [2.05, 4.69) is 67.7 Å². The van der Waals surface area contributed by atoms with Gasteiger partial charge in [0.1, 0.15) is 0 Å². The van der Waals surface area contributed by atoms with Crippen molar-refractivity contribution >= 4 is 17.3 Å². The van der Waals surface area contributed by atoms with Gasteiger partial charge in [-0.3, -0.25) is 0 Å². The highest BCUT2D eigenvalue weighted by Crippen LogP contribution is 2.60. The van der Waals surface area contributed by atoms with Crippen LogP contribution in [0.5, 0.6) is 0 Å². The van der Waals surface area contributed by atoms with Crippen LogP contribution in [0.4, 0.5) is 0 Å². The van der Waals surface area contributed by atoms with Crippen LogP contribution in [0.25, 0.3) is 5.57 Å². The third-order valence-electron chi connectivity index (χ3n) is 5.40. The van der Waals surface area contributed by atoms with Gasteiger partial charge in [-0.05, 0) is 67.6 Å². The van der Waals surface area contributed by atoms with Crippen molar-refractivity contribution in [2.45, 2.75) is 42.8 Å². The largest absolute Gasteiger partial charge is 0.316 e. The van der Waals surface area contributed by atoms with Crippen LogP contribution in [0.3, 0.4) is 0 Å². The van der Waals surface area contributed by atoms with Crippen LogP contribution in [-0.2, 0) is 11.2 Å². The number of fused-ring (bicyclic) bond motifs is 1. The van der Waals surface area contributed by atoms with Crippen LogP contribution in [0.2, 0.25) is 0 Å². The molecule has 0 radical (unpaired) electrons.